The molecule has 0 amide bonds. The van der Waals surface area contributed by atoms with Gasteiger partial charge >= 0.3 is 0 Å². The summed E-state index contributed by atoms with van der Waals surface area (Å²) in [4.78, 5) is 2.23. The van der Waals surface area contributed by atoms with Crippen LogP contribution < -0.4 is 0 Å². The van der Waals surface area contributed by atoms with Gasteiger partial charge in [0.25, 0.3) is 0 Å². The first-order valence-corrected chi connectivity index (χ1v) is 9.92. The molecular weight excluding hydrogens is 290 g/mol. The molecule has 0 N–H and O–H groups in total. The molecule has 0 aliphatic carbocycles. The van der Waals surface area contributed by atoms with E-state index in [-0.39, 0.29) is 0 Å². The maximum Gasteiger partial charge on any atom is 0.0227 e. The van der Waals surface area contributed by atoms with Crippen LogP contribution in [0.15, 0.2) is 30.4 Å². The Morgan fingerprint density at radius 2 is 1.46 bits per heavy atom. The lowest BCUT2D eigenvalue weighted by Crippen LogP contribution is -2.11. The Bertz CT molecular complexity index is 473. The van der Waals surface area contributed by atoms with Crippen molar-refractivity contribution in [1.82, 2.24) is 4.90 Å². The monoisotopic (exact) mass is 329 g/mol. The first kappa shape index (κ1) is 21.0. The topological polar surface area (TPSA) is 3.24 Å². The summed E-state index contributed by atoms with van der Waals surface area (Å²) in [6.07, 6.45) is 13.3. The van der Waals surface area contributed by atoms with Crippen LogP contribution in [0, 0.1) is 6.92 Å². The minimum absolute atomic E-state index is 1.01. The molecule has 136 valence electrons. The Kier molecular flexibility index (Phi) is 10.7. The number of unbranched alkanes of at least 4 members (excludes halogenated alkanes) is 7. The van der Waals surface area contributed by atoms with E-state index >= 15 is 0 Å². The first-order chi connectivity index (χ1) is 11.5. The average molecular weight is 330 g/mol. The van der Waals surface area contributed by atoms with Gasteiger partial charge in [-0.25, -0.2) is 0 Å². The fourth-order valence-corrected chi connectivity index (χ4v) is 3.39. The fraction of sp³-hybridized carbons (Fsp3) is 0.652. The highest BCUT2D eigenvalue weighted by Crippen LogP contribution is 2.18. The van der Waals surface area contributed by atoms with Crippen LogP contribution in [0.25, 0.3) is 0 Å². The lowest BCUT2D eigenvalue weighted by atomic mass is 9.97. The van der Waals surface area contributed by atoms with Crippen molar-refractivity contribution in [3.8, 4) is 0 Å². The molecule has 0 heterocycles. The number of hydrogen-bond acceptors (Lipinski definition) is 1. The molecule has 0 unspecified atom stereocenters. The van der Waals surface area contributed by atoms with E-state index in [0.717, 1.165) is 13.0 Å². The van der Waals surface area contributed by atoms with Gasteiger partial charge in [0.05, 0.1) is 0 Å². The summed E-state index contributed by atoms with van der Waals surface area (Å²) in [6, 6.07) is 6.97. The Morgan fingerprint density at radius 1 is 0.875 bits per heavy atom. The number of aryl methyl sites for hydroxylation is 1. The number of hydrogen-bond donors (Lipinski definition) is 0. The van der Waals surface area contributed by atoms with E-state index in [1.807, 2.05) is 0 Å². The van der Waals surface area contributed by atoms with Crippen LogP contribution in [0.4, 0.5) is 0 Å². The van der Waals surface area contributed by atoms with Gasteiger partial charge < -0.3 is 4.90 Å². The van der Waals surface area contributed by atoms with Crippen LogP contribution in [0.1, 0.15) is 81.4 Å². The molecule has 24 heavy (non-hydrogen) atoms. The SMILES string of the molecule is C=C(CCCCCCCCCC)Cc1cc(C)cc(CN(C)C)c1. The summed E-state index contributed by atoms with van der Waals surface area (Å²) in [5.41, 5.74) is 5.60. The Morgan fingerprint density at radius 3 is 2.08 bits per heavy atom. The highest BCUT2D eigenvalue weighted by Gasteiger charge is 2.03. The summed E-state index contributed by atoms with van der Waals surface area (Å²) >= 11 is 0. The van der Waals surface area contributed by atoms with E-state index in [1.54, 1.807) is 0 Å². The van der Waals surface area contributed by atoms with Gasteiger partial charge in [0.2, 0.25) is 0 Å². The van der Waals surface area contributed by atoms with E-state index in [9.17, 15) is 0 Å². The molecule has 0 saturated carbocycles. The van der Waals surface area contributed by atoms with E-state index in [0.29, 0.717) is 0 Å². The minimum atomic E-state index is 1.01. The van der Waals surface area contributed by atoms with Crippen molar-refractivity contribution in [1.29, 1.82) is 0 Å². The molecular formula is C23H39N. The molecule has 1 heteroatoms. The van der Waals surface area contributed by atoms with Gasteiger partial charge in [0.15, 0.2) is 0 Å². The van der Waals surface area contributed by atoms with Gasteiger partial charge in [-0.1, -0.05) is 87.8 Å². The summed E-state index contributed by atoms with van der Waals surface area (Å²) in [5.74, 6) is 0. The third-order valence-electron chi connectivity index (χ3n) is 4.53. The van der Waals surface area contributed by atoms with E-state index in [2.05, 4.69) is 57.6 Å². The quantitative estimate of drug-likeness (QED) is 0.288. The molecule has 0 aromatic heterocycles. The van der Waals surface area contributed by atoms with Crippen LogP contribution in [-0.2, 0) is 13.0 Å². The van der Waals surface area contributed by atoms with Crippen LogP contribution >= 0.6 is 0 Å². The Labute approximate surface area is 151 Å². The van der Waals surface area contributed by atoms with Gasteiger partial charge in [-0.15, -0.1) is 0 Å². The first-order valence-electron chi connectivity index (χ1n) is 9.92. The van der Waals surface area contributed by atoms with E-state index in [1.165, 1.54) is 80.1 Å². The normalized spacial score (nSPS) is 11.2. The van der Waals surface area contributed by atoms with Crippen LogP contribution in [0.3, 0.4) is 0 Å². The lowest BCUT2D eigenvalue weighted by Gasteiger charge is -2.13. The van der Waals surface area contributed by atoms with Crippen LogP contribution in [0.5, 0.6) is 0 Å². The standard InChI is InChI=1S/C23H39N/c1-6-7-8-9-10-11-12-13-14-20(2)15-22-16-21(3)17-23(18-22)19-24(4)5/h16-18H,2,6-15,19H2,1,3-5H3. The van der Waals surface area contributed by atoms with Gasteiger partial charge in [0, 0.05) is 6.54 Å². The molecule has 0 fully saturated rings. The van der Waals surface area contributed by atoms with E-state index in [4.69, 9.17) is 0 Å². The average Bonchev–Trinajstić information content (AvgIpc) is 2.48. The molecule has 1 rings (SSSR count). The molecule has 1 aromatic rings. The summed E-state index contributed by atoms with van der Waals surface area (Å²) in [7, 11) is 4.26. The second kappa shape index (κ2) is 12.3. The zero-order chi connectivity index (χ0) is 17.8. The van der Waals surface area contributed by atoms with Crippen LogP contribution in [-0.4, -0.2) is 19.0 Å². The van der Waals surface area contributed by atoms with Gasteiger partial charge in [-0.05, 0) is 51.4 Å². The highest BCUT2D eigenvalue weighted by atomic mass is 15.0. The zero-order valence-electron chi connectivity index (χ0n) is 16.7. The minimum Gasteiger partial charge on any atom is -0.305 e. The molecule has 0 saturated heterocycles. The summed E-state index contributed by atoms with van der Waals surface area (Å²) < 4.78 is 0. The molecule has 0 bridgehead atoms. The molecule has 0 aliphatic rings. The van der Waals surface area contributed by atoms with Crippen molar-refractivity contribution >= 4 is 0 Å². The Balaban J connectivity index is 2.26. The predicted octanol–water partition coefficient (Wildman–Crippen LogP) is 6.69. The second-order valence-electron chi connectivity index (χ2n) is 7.72. The fourth-order valence-electron chi connectivity index (χ4n) is 3.39. The maximum absolute atomic E-state index is 4.32. The van der Waals surface area contributed by atoms with Gasteiger partial charge in [-0.2, -0.15) is 0 Å². The second-order valence-corrected chi connectivity index (χ2v) is 7.72. The smallest absolute Gasteiger partial charge is 0.0227 e. The number of rotatable bonds is 13. The zero-order valence-corrected chi connectivity index (χ0v) is 16.7. The summed E-state index contributed by atoms with van der Waals surface area (Å²) in [5, 5.41) is 0. The number of benzene rings is 1. The van der Waals surface area contributed by atoms with Crippen molar-refractivity contribution < 1.29 is 0 Å². The largest absolute Gasteiger partial charge is 0.305 e. The van der Waals surface area contributed by atoms with Crippen molar-refractivity contribution in [3.63, 3.8) is 0 Å². The lowest BCUT2D eigenvalue weighted by molar-refractivity contribution is 0.402. The van der Waals surface area contributed by atoms with Crippen LogP contribution in [0.2, 0.25) is 0 Å². The summed E-state index contributed by atoms with van der Waals surface area (Å²) in [6.45, 7) is 9.81. The van der Waals surface area contributed by atoms with Gasteiger partial charge in [0.1, 0.15) is 0 Å². The molecule has 0 spiro atoms. The predicted molar refractivity (Wildman–Crippen MR) is 109 cm³/mol. The molecule has 0 aliphatic heterocycles. The number of allylic oxidation sites excluding steroid dienone is 1. The highest BCUT2D eigenvalue weighted by molar-refractivity contribution is 5.31. The third kappa shape index (κ3) is 9.93. The molecule has 1 nitrogen and oxygen atoms in total. The Hall–Kier alpha value is -1.08. The maximum atomic E-state index is 4.32. The number of nitrogens with zero attached hydrogens (tertiary/aromatic N) is 1. The third-order valence-corrected chi connectivity index (χ3v) is 4.53. The van der Waals surface area contributed by atoms with E-state index < -0.39 is 0 Å². The molecule has 1 aromatic carbocycles. The van der Waals surface area contributed by atoms with Crippen molar-refractivity contribution in [3.05, 3.63) is 47.0 Å². The van der Waals surface area contributed by atoms with Crippen molar-refractivity contribution in [2.75, 3.05) is 14.1 Å². The molecule has 0 atom stereocenters. The van der Waals surface area contributed by atoms with Crippen molar-refractivity contribution in [2.24, 2.45) is 0 Å². The van der Waals surface area contributed by atoms with Gasteiger partial charge in [-0.3, -0.25) is 0 Å². The molecule has 0 radical (unpaired) electrons. The van der Waals surface area contributed by atoms with Crippen molar-refractivity contribution in [2.45, 2.75) is 84.6 Å².